The molecule has 1 N–H and O–H groups in total. The van der Waals surface area contributed by atoms with Crippen molar-refractivity contribution in [2.75, 3.05) is 0 Å². The van der Waals surface area contributed by atoms with Gasteiger partial charge in [-0.3, -0.25) is 0 Å². The van der Waals surface area contributed by atoms with Crippen LogP contribution in [0.25, 0.3) is 22.8 Å². The molecule has 3 aromatic rings. The fraction of sp³-hybridized carbons (Fsp3) is 0. The summed E-state index contributed by atoms with van der Waals surface area (Å²) in [7, 11) is 0. The molecule has 1 radical (unpaired) electrons. The van der Waals surface area contributed by atoms with E-state index in [-0.39, 0.29) is 5.82 Å². The van der Waals surface area contributed by atoms with Crippen molar-refractivity contribution < 1.29 is 4.39 Å². The van der Waals surface area contributed by atoms with Gasteiger partial charge in [-0.25, -0.2) is 14.5 Å². The zero-order valence-electron chi connectivity index (χ0n) is 9.13. The predicted molar refractivity (Wildman–Crippen MR) is 61.6 cm³/mol. The van der Waals surface area contributed by atoms with E-state index in [1.807, 2.05) is 0 Å². The third-order valence-corrected chi connectivity index (χ3v) is 2.39. The van der Waals surface area contributed by atoms with Crippen molar-refractivity contribution in [1.82, 2.24) is 25.6 Å². The SMILES string of the molecule is Fc1cccc(-c2c[c]cc(-c3nnn[nH]3)n2)c1. The van der Waals surface area contributed by atoms with E-state index in [0.717, 1.165) is 0 Å². The molecule has 18 heavy (non-hydrogen) atoms. The van der Waals surface area contributed by atoms with Gasteiger partial charge < -0.3 is 0 Å². The average molecular weight is 240 g/mol. The number of H-pyrrole nitrogens is 1. The molecule has 87 valence electrons. The van der Waals surface area contributed by atoms with E-state index in [9.17, 15) is 4.39 Å². The minimum absolute atomic E-state index is 0.305. The molecule has 3 rings (SSSR count). The van der Waals surface area contributed by atoms with E-state index in [0.29, 0.717) is 22.8 Å². The number of aromatic nitrogens is 5. The molecule has 2 heterocycles. The van der Waals surface area contributed by atoms with Crippen LogP contribution in [-0.4, -0.2) is 25.6 Å². The maximum Gasteiger partial charge on any atom is 0.198 e. The van der Waals surface area contributed by atoms with Crippen molar-refractivity contribution in [2.24, 2.45) is 0 Å². The first-order valence-electron chi connectivity index (χ1n) is 5.21. The Morgan fingerprint density at radius 2 is 2.06 bits per heavy atom. The number of aromatic amines is 1. The number of rotatable bonds is 2. The second-order valence-corrected chi connectivity index (χ2v) is 3.60. The molecular weight excluding hydrogens is 233 g/mol. The topological polar surface area (TPSA) is 67.3 Å². The van der Waals surface area contributed by atoms with Gasteiger partial charge in [0.05, 0.1) is 5.69 Å². The monoisotopic (exact) mass is 240 g/mol. The Hall–Kier alpha value is -2.63. The van der Waals surface area contributed by atoms with Crippen LogP contribution in [-0.2, 0) is 0 Å². The number of hydrogen-bond acceptors (Lipinski definition) is 4. The number of nitrogens with one attached hydrogen (secondary N) is 1. The molecule has 0 aliphatic carbocycles. The smallest absolute Gasteiger partial charge is 0.198 e. The number of pyridine rings is 1. The van der Waals surface area contributed by atoms with Gasteiger partial charge >= 0.3 is 0 Å². The van der Waals surface area contributed by atoms with Crippen molar-refractivity contribution in [1.29, 1.82) is 0 Å². The summed E-state index contributed by atoms with van der Waals surface area (Å²) in [6.07, 6.45) is 0. The van der Waals surface area contributed by atoms with Gasteiger partial charge in [0, 0.05) is 5.56 Å². The summed E-state index contributed by atoms with van der Waals surface area (Å²) in [4.78, 5) is 4.35. The fourth-order valence-corrected chi connectivity index (χ4v) is 1.58. The summed E-state index contributed by atoms with van der Waals surface area (Å²) in [6.45, 7) is 0. The largest absolute Gasteiger partial charge is 0.244 e. The molecular formula is C12H7FN5. The molecule has 2 aromatic heterocycles. The van der Waals surface area contributed by atoms with Gasteiger partial charge in [0.2, 0.25) is 0 Å². The Morgan fingerprint density at radius 3 is 2.83 bits per heavy atom. The molecule has 0 aliphatic rings. The number of hydrogen-bond donors (Lipinski definition) is 1. The van der Waals surface area contributed by atoms with E-state index >= 15 is 0 Å². The first-order valence-corrected chi connectivity index (χ1v) is 5.21. The van der Waals surface area contributed by atoms with Crippen LogP contribution in [0.2, 0.25) is 0 Å². The number of benzene rings is 1. The highest BCUT2D eigenvalue weighted by Gasteiger charge is 2.06. The maximum absolute atomic E-state index is 13.2. The van der Waals surface area contributed by atoms with E-state index in [4.69, 9.17) is 0 Å². The minimum atomic E-state index is -0.305. The first kappa shape index (κ1) is 10.5. The zero-order valence-corrected chi connectivity index (χ0v) is 9.13. The number of nitrogens with zero attached hydrogens (tertiary/aromatic N) is 4. The van der Waals surface area contributed by atoms with Crippen LogP contribution in [0, 0.1) is 11.9 Å². The minimum Gasteiger partial charge on any atom is -0.244 e. The molecule has 0 spiro atoms. The summed E-state index contributed by atoms with van der Waals surface area (Å²) in [5.74, 6) is 0.144. The zero-order chi connectivity index (χ0) is 12.4. The highest BCUT2D eigenvalue weighted by Crippen LogP contribution is 2.20. The van der Waals surface area contributed by atoms with Crippen LogP contribution in [0.1, 0.15) is 0 Å². The summed E-state index contributed by atoms with van der Waals surface area (Å²) in [5.41, 5.74) is 1.85. The lowest BCUT2D eigenvalue weighted by atomic mass is 10.1. The van der Waals surface area contributed by atoms with Gasteiger partial charge in [0.1, 0.15) is 11.5 Å². The highest BCUT2D eigenvalue weighted by atomic mass is 19.1. The average Bonchev–Trinajstić information content (AvgIpc) is 2.93. The Kier molecular flexibility index (Phi) is 2.53. The Balaban J connectivity index is 2.06. The van der Waals surface area contributed by atoms with Crippen LogP contribution in [0.5, 0.6) is 0 Å². The lowest BCUT2D eigenvalue weighted by Crippen LogP contribution is -1.90. The normalized spacial score (nSPS) is 10.5. The molecule has 0 saturated heterocycles. The van der Waals surface area contributed by atoms with E-state index < -0.39 is 0 Å². The van der Waals surface area contributed by atoms with E-state index in [1.54, 1.807) is 24.3 Å². The summed E-state index contributed by atoms with van der Waals surface area (Å²) in [6, 6.07) is 12.5. The lowest BCUT2D eigenvalue weighted by molar-refractivity contribution is 0.628. The molecule has 6 heteroatoms. The molecule has 0 amide bonds. The summed E-state index contributed by atoms with van der Waals surface area (Å²) in [5, 5.41) is 13.3. The fourth-order valence-electron chi connectivity index (χ4n) is 1.58. The van der Waals surface area contributed by atoms with E-state index in [2.05, 4.69) is 31.7 Å². The molecule has 0 aliphatic heterocycles. The second-order valence-electron chi connectivity index (χ2n) is 3.60. The molecule has 1 aromatic carbocycles. The summed E-state index contributed by atoms with van der Waals surface area (Å²) < 4.78 is 13.2. The maximum atomic E-state index is 13.2. The molecule has 0 atom stereocenters. The standard InChI is InChI=1S/C12H7FN5/c13-9-4-1-3-8(7-9)10-5-2-6-11(14-10)12-15-17-18-16-12/h1,3-7H,(H,15,16,17,18). The number of halogens is 1. The number of tetrazole rings is 1. The van der Waals surface area contributed by atoms with Crippen molar-refractivity contribution in [3.05, 3.63) is 48.3 Å². The molecule has 0 saturated carbocycles. The molecule has 0 bridgehead atoms. The highest BCUT2D eigenvalue weighted by molar-refractivity contribution is 5.62. The van der Waals surface area contributed by atoms with Crippen molar-refractivity contribution in [3.63, 3.8) is 0 Å². The van der Waals surface area contributed by atoms with Crippen LogP contribution >= 0.6 is 0 Å². The molecule has 5 nitrogen and oxygen atoms in total. The van der Waals surface area contributed by atoms with Gasteiger partial charge in [-0.2, -0.15) is 0 Å². The quantitative estimate of drug-likeness (QED) is 0.742. The van der Waals surface area contributed by atoms with Crippen molar-refractivity contribution in [2.45, 2.75) is 0 Å². The Labute approximate surface area is 102 Å². The second kappa shape index (κ2) is 4.33. The lowest BCUT2D eigenvalue weighted by Gasteiger charge is -2.02. The van der Waals surface area contributed by atoms with Crippen molar-refractivity contribution in [3.8, 4) is 22.8 Å². The predicted octanol–water partition coefficient (Wildman–Crippen LogP) is 1.87. The van der Waals surface area contributed by atoms with Gasteiger partial charge in [-0.1, -0.05) is 12.1 Å². The Bertz CT molecular complexity index is 666. The third-order valence-electron chi connectivity index (χ3n) is 2.39. The van der Waals surface area contributed by atoms with Gasteiger partial charge in [0.25, 0.3) is 0 Å². The Morgan fingerprint density at radius 1 is 1.17 bits per heavy atom. The third kappa shape index (κ3) is 1.95. The van der Waals surface area contributed by atoms with Crippen LogP contribution in [0.3, 0.4) is 0 Å². The summed E-state index contributed by atoms with van der Waals surface area (Å²) >= 11 is 0. The first-order chi connectivity index (χ1) is 8.83. The van der Waals surface area contributed by atoms with Crippen LogP contribution in [0.4, 0.5) is 4.39 Å². The van der Waals surface area contributed by atoms with Crippen LogP contribution in [0.15, 0.2) is 36.4 Å². The van der Waals surface area contributed by atoms with Crippen LogP contribution < -0.4 is 0 Å². The molecule has 0 fully saturated rings. The van der Waals surface area contributed by atoms with Crippen molar-refractivity contribution >= 4 is 0 Å². The van der Waals surface area contributed by atoms with Gasteiger partial charge in [-0.05, 0) is 40.8 Å². The van der Waals surface area contributed by atoms with Gasteiger partial charge in [0.15, 0.2) is 5.82 Å². The van der Waals surface area contributed by atoms with E-state index in [1.165, 1.54) is 12.1 Å². The van der Waals surface area contributed by atoms with Gasteiger partial charge in [-0.15, -0.1) is 5.10 Å². The molecule has 0 unspecified atom stereocenters.